The van der Waals surface area contributed by atoms with Gasteiger partial charge in [0.1, 0.15) is 0 Å². The first-order chi connectivity index (χ1) is 6.72. The molecule has 0 aliphatic heterocycles. The highest BCUT2D eigenvalue weighted by Gasteiger charge is 2.10. The van der Waals surface area contributed by atoms with Gasteiger partial charge in [-0.1, -0.05) is 22.0 Å². The average molecular weight is 273 g/mol. The minimum atomic E-state index is -0.0553. The Morgan fingerprint density at radius 1 is 1.50 bits per heavy atom. The number of H-pyrrole nitrogens is 1. The minimum absolute atomic E-state index is 0.0169. The first-order valence-electron chi connectivity index (χ1n) is 4.08. The molecule has 72 valence electrons. The largest absolute Gasteiger partial charge is 0.360 e. The van der Waals surface area contributed by atoms with Crippen LogP contribution in [0.5, 0.6) is 0 Å². The Morgan fingerprint density at radius 3 is 3.00 bits per heavy atom. The molecule has 14 heavy (non-hydrogen) atoms. The molecule has 0 spiro atoms. The molecule has 0 saturated carbocycles. The molecular weight excluding hydrogens is 265 g/mol. The van der Waals surface area contributed by atoms with E-state index in [1.54, 1.807) is 6.20 Å². The van der Waals surface area contributed by atoms with Gasteiger partial charge in [-0.15, -0.1) is 11.6 Å². The molecule has 0 aliphatic carbocycles. The maximum atomic E-state index is 11.4. The van der Waals surface area contributed by atoms with Crippen LogP contribution in [0, 0.1) is 0 Å². The smallest absolute Gasteiger partial charge is 0.179 e. The van der Waals surface area contributed by atoms with E-state index < -0.39 is 0 Å². The third-order valence-electron chi connectivity index (χ3n) is 2.07. The molecule has 2 aromatic rings. The third-order valence-corrected chi connectivity index (χ3v) is 2.80. The molecule has 0 bridgehead atoms. The monoisotopic (exact) mass is 271 g/mol. The first kappa shape index (κ1) is 9.74. The lowest BCUT2D eigenvalue weighted by Gasteiger charge is -1.94. The predicted octanol–water partition coefficient (Wildman–Crippen LogP) is 3.35. The van der Waals surface area contributed by atoms with Gasteiger partial charge >= 0.3 is 0 Å². The summed E-state index contributed by atoms with van der Waals surface area (Å²) in [7, 11) is 0. The van der Waals surface area contributed by atoms with Crippen molar-refractivity contribution >= 4 is 44.2 Å². The first-order valence-corrected chi connectivity index (χ1v) is 5.41. The number of aromatic nitrogens is 1. The molecule has 1 heterocycles. The normalized spacial score (nSPS) is 10.7. The second-order valence-corrected chi connectivity index (χ2v) is 4.13. The van der Waals surface area contributed by atoms with Crippen molar-refractivity contribution in [1.82, 2.24) is 4.98 Å². The van der Waals surface area contributed by atoms with E-state index in [-0.39, 0.29) is 11.7 Å². The zero-order valence-electron chi connectivity index (χ0n) is 7.18. The number of nitrogens with one attached hydrogen (secondary N) is 1. The molecule has 0 aliphatic rings. The summed E-state index contributed by atoms with van der Waals surface area (Å²) in [6.07, 6.45) is 1.70. The minimum Gasteiger partial charge on any atom is -0.360 e. The number of ketones is 1. The van der Waals surface area contributed by atoms with Gasteiger partial charge in [-0.25, -0.2) is 0 Å². The fraction of sp³-hybridized carbons (Fsp3) is 0.100. The van der Waals surface area contributed by atoms with E-state index in [1.807, 2.05) is 18.2 Å². The lowest BCUT2D eigenvalue weighted by molar-refractivity contribution is 0.102. The highest BCUT2D eigenvalue weighted by molar-refractivity contribution is 9.10. The maximum absolute atomic E-state index is 11.4. The highest BCUT2D eigenvalue weighted by atomic mass is 79.9. The number of rotatable bonds is 2. The lowest BCUT2D eigenvalue weighted by Crippen LogP contribution is -1.98. The Hall–Kier alpha value is -0.800. The number of hydrogen-bond donors (Lipinski definition) is 1. The molecule has 1 aromatic carbocycles. The summed E-state index contributed by atoms with van der Waals surface area (Å²) < 4.78 is 0.983. The second-order valence-electron chi connectivity index (χ2n) is 2.95. The van der Waals surface area contributed by atoms with E-state index in [0.717, 1.165) is 15.4 Å². The Labute approximate surface area is 94.4 Å². The van der Waals surface area contributed by atoms with E-state index in [1.165, 1.54) is 0 Å². The van der Waals surface area contributed by atoms with Crippen LogP contribution in [0.25, 0.3) is 10.9 Å². The standard InChI is InChI=1S/C10H7BrClNO/c11-6-1-2-7-8(10(14)4-12)5-13-9(7)3-6/h1-3,5,13H,4H2. The Morgan fingerprint density at radius 2 is 2.29 bits per heavy atom. The van der Waals surface area contributed by atoms with Crippen molar-refractivity contribution in [2.24, 2.45) is 0 Å². The number of halogens is 2. The van der Waals surface area contributed by atoms with Crippen LogP contribution in [0.3, 0.4) is 0 Å². The molecule has 1 aromatic heterocycles. The van der Waals surface area contributed by atoms with Gasteiger partial charge in [0.05, 0.1) is 5.88 Å². The fourth-order valence-electron chi connectivity index (χ4n) is 1.40. The van der Waals surface area contributed by atoms with Gasteiger partial charge < -0.3 is 4.98 Å². The molecule has 0 amide bonds. The van der Waals surface area contributed by atoms with Gasteiger partial charge in [0, 0.05) is 27.1 Å². The summed E-state index contributed by atoms with van der Waals surface area (Å²) >= 11 is 8.87. The Balaban J connectivity index is 2.64. The predicted molar refractivity (Wildman–Crippen MR) is 61.0 cm³/mol. The van der Waals surface area contributed by atoms with Gasteiger partial charge in [-0.05, 0) is 12.1 Å². The van der Waals surface area contributed by atoms with Crippen LogP contribution in [0.1, 0.15) is 10.4 Å². The van der Waals surface area contributed by atoms with E-state index >= 15 is 0 Å². The summed E-state index contributed by atoms with van der Waals surface area (Å²) in [6.45, 7) is 0. The molecular formula is C10H7BrClNO. The van der Waals surface area contributed by atoms with Crippen LogP contribution in [0.4, 0.5) is 0 Å². The van der Waals surface area contributed by atoms with Gasteiger partial charge in [-0.2, -0.15) is 0 Å². The zero-order valence-corrected chi connectivity index (χ0v) is 9.52. The molecule has 2 rings (SSSR count). The van der Waals surface area contributed by atoms with E-state index in [2.05, 4.69) is 20.9 Å². The molecule has 2 nitrogen and oxygen atoms in total. The summed E-state index contributed by atoms with van der Waals surface area (Å²) in [5, 5.41) is 0.916. The molecule has 0 fully saturated rings. The molecule has 1 N–H and O–H groups in total. The molecule has 0 radical (unpaired) electrons. The average Bonchev–Trinajstić information content (AvgIpc) is 2.59. The van der Waals surface area contributed by atoms with Crippen molar-refractivity contribution in [2.75, 3.05) is 5.88 Å². The summed E-state index contributed by atoms with van der Waals surface area (Å²) in [6, 6.07) is 5.73. The van der Waals surface area contributed by atoms with Crippen molar-refractivity contribution in [3.63, 3.8) is 0 Å². The Bertz CT molecular complexity index is 492. The summed E-state index contributed by atoms with van der Waals surface area (Å²) in [5.41, 5.74) is 1.59. The van der Waals surface area contributed by atoms with E-state index in [0.29, 0.717) is 5.56 Å². The van der Waals surface area contributed by atoms with Gasteiger partial charge in [0.25, 0.3) is 0 Å². The molecule has 0 saturated heterocycles. The SMILES string of the molecule is O=C(CCl)c1c[nH]c2cc(Br)ccc12. The van der Waals surface area contributed by atoms with Crippen LogP contribution in [-0.2, 0) is 0 Å². The fourth-order valence-corrected chi connectivity index (χ4v) is 1.91. The maximum Gasteiger partial charge on any atom is 0.179 e. The number of carbonyl (C=O) groups is 1. The number of aromatic amines is 1. The van der Waals surface area contributed by atoms with Gasteiger partial charge in [0.2, 0.25) is 0 Å². The van der Waals surface area contributed by atoms with Crippen molar-refractivity contribution in [3.8, 4) is 0 Å². The number of benzene rings is 1. The van der Waals surface area contributed by atoms with Crippen LogP contribution < -0.4 is 0 Å². The van der Waals surface area contributed by atoms with Gasteiger partial charge in [-0.3, -0.25) is 4.79 Å². The van der Waals surface area contributed by atoms with Crippen molar-refractivity contribution in [1.29, 1.82) is 0 Å². The number of Topliss-reactive ketones (excluding diaryl/α,β-unsaturated/α-hetero) is 1. The van der Waals surface area contributed by atoms with Crippen LogP contribution >= 0.6 is 27.5 Å². The Kier molecular flexibility index (Phi) is 2.61. The summed E-state index contributed by atoms with van der Waals surface area (Å²) in [5.74, 6) is -0.0385. The molecule has 0 atom stereocenters. The number of fused-ring (bicyclic) bond motifs is 1. The number of hydrogen-bond acceptors (Lipinski definition) is 1. The van der Waals surface area contributed by atoms with Crippen LogP contribution in [0.15, 0.2) is 28.9 Å². The van der Waals surface area contributed by atoms with E-state index in [9.17, 15) is 4.79 Å². The van der Waals surface area contributed by atoms with Crippen LogP contribution in [0.2, 0.25) is 0 Å². The van der Waals surface area contributed by atoms with Crippen molar-refractivity contribution < 1.29 is 4.79 Å². The summed E-state index contributed by atoms with van der Waals surface area (Å²) in [4.78, 5) is 14.4. The molecule has 4 heteroatoms. The number of carbonyl (C=O) groups excluding carboxylic acids is 1. The third kappa shape index (κ3) is 1.57. The molecule has 0 unspecified atom stereocenters. The van der Waals surface area contributed by atoms with Crippen molar-refractivity contribution in [3.05, 3.63) is 34.4 Å². The van der Waals surface area contributed by atoms with E-state index in [4.69, 9.17) is 11.6 Å². The van der Waals surface area contributed by atoms with Crippen molar-refractivity contribution in [2.45, 2.75) is 0 Å². The zero-order chi connectivity index (χ0) is 10.1. The topological polar surface area (TPSA) is 32.9 Å². The second kappa shape index (κ2) is 3.75. The highest BCUT2D eigenvalue weighted by Crippen LogP contribution is 2.22. The van der Waals surface area contributed by atoms with Crippen LogP contribution in [-0.4, -0.2) is 16.6 Å². The number of alkyl halides is 1. The van der Waals surface area contributed by atoms with Gasteiger partial charge in [0.15, 0.2) is 5.78 Å². The lowest BCUT2D eigenvalue weighted by atomic mass is 10.1. The quantitative estimate of drug-likeness (QED) is 0.660.